The van der Waals surface area contributed by atoms with Crippen molar-refractivity contribution in [2.75, 3.05) is 0 Å². The molecule has 174 valence electrons. The largest absolute Gasteiger partial charge is 0.329 e. The number of hydrogen-bond acceptors (Lipinski definition) is 5. The van der Waals surface area contributed by atoms with Gasteiger partial charge in [0, 0.05) is 35.9 Å². The molecule has 3 aromatic rings. The highest BCUT2D eigenvalue weighted by Crippen LogP contribution is 2.30. The van der Waals surface area contributed by atoms with E-state index in [1.807, 2.05) is 0 Å². The number of rotatable bonds is 3. The first-order valence-corrected chi connectivity index (χ1v) is 11.5. The topological polar surface area (TPSA) is 109 Å². The Bertz CT molecular complexity index is 1490. The minimum atomic E-state index is -0.618. The Morgan fingerprint density at radius 3 is 2.62 bits per heavy atom. The summed E-state index contributed by atoms with van der Waals surface area (Å²) in [5, 5.41) is 0.703. The van der Waals surface area contributed by atoms with Crippen LogP contribution >= 0.6 is 11.6 Å². The quantitative estimate of drug-likeness (QED) is 0.581. The molecule has 1 N–H and O–H groups in total. The van der Waals surface area contributed by atoms with Crippen LogP contribution in [0, 0.1) is 5.92 Å². The SMILES string of the molecule is CC1CC(=O)C(N2Cc3cc(Cn4c(=O)[nH]c5ccc(Cl)cc5c4=O)ccc3C2=O)CCC1=O. The second kappa shape index (κ2) is 8.36. The van der Waals surface area contributed by atoms with E-state index in [1.54, 1.807) is 42.2 Å². The molecule has 9 heteroatoms. The summed E-state index contributed by atoms with van der Waals surface area (Å²) in [6.45, 7) is 2.02. The molecule has 2 atom stereocenters. The average Bonchev–Trinajstić information content (AvgIpc) is 3.05. The Labute approximate surface area is 199 Å². The predicted molar refractivity (Wildman–Crippen MR) is 126 cm³/mol. The number of carbonyl (C=O) groups excluding carboxylic acids is 3. The van der Waals surface area contributed by atoms with E-state index < -0.39 is 17.3 Å². The lowest BCUT2D eigenvalue weighted by atomic mass is 10.0. The number of nitrogens with zero attached hydrogens (tertiary/aromatic N) is 2. The summed E-state index contributed by atoms with van der Waals surface area (Å²) in [5.74, 6) is -0.600. The van der Waals surface area contributed by atoms with Crippen molar-refractivity contribution in [3.63, 3.8) is 0 Å². The molecule has 5 rings (SSSR count). The number of H-pyrrole nitrogens is 1. The van der Waals surface area contributed by atoms with Crippen molar-refractivity contribution in [1.29, 1.82) is 0 Å². The van der Waals surface area contributed by atoms with Gasteiger partial charge in [0.2, 0.25) is 0 Å². The van der Waals surface area contributed by atoms with Crippen LogP contribution in [0.2, 0.25) is 5.02 Å². The van der Waals surface area contributed by atoms with Gasteiger partial charge in [-0.2, -0.15) is 0 Å². The number of Topliss-reactive ketones (excluding diaryl/α,β-unsaturated/α-hetero) is 2. The molecule has 1 aromatic heterocycles. The summed E-state index contributed by atoms with van der Waals surface area (Å²) in [7, 11) is 0. The predicted octanol–water partition coefficient (Wildman–Crippen LogP) is 2.67. The molecular formula is C25H22ClN3O5. The molecule has 2 aromatic carbocycles. The van der Waals surface area contributed by atoms with E-state index in [1.165, 1.54) is 6.07 Å². The van der Waals surface area contributed by atoms with Gasteiger partial charge in [-0.05, 0) is 41.8 Å². The molecule has 1 aliphatic carbocycles. The first-order valence-electron chi connectivity index (χ1n) is 11.1. The second-order valence-electron chi connectivity index (χ2n) is 9.03. The highest BCUT2D eigenvalue weighted by Gasteiger charge is 2.39. The van der Waals surface area contributed by atoms with Crippen LogP contribution in [0.3, 0.4) is 0 Å². The average molecular weight is 480 g/mol. The maximum atomic E-state index is 13.0. The van der Waals surface area contributed by atoms with Crippen molar-refractivity contribution in [1.82, 2.24) is 14.5 Å². The summed E-state index contributed by atoms with van der Waals surface area (Å²) in [6, 6.07) is 9.24. The van der Waals surface area contributed by atoms with Crippen molar-refractivity contribution in [3.05, 3.63) is 78.9 Å². The normalized spacial score (nSPS) is 20.6. The van der Waals surface area contributed by atoms with Crippen LogP contribution in [-0.2, 0) is 22.7 Å². The number of fused-ring (bicyclic) bond motifs is 2. The summed E-state index contributed by atoms with van der Waals surface area (Å²) in [4.78, 5) is 67.6. The third kappa shape index (κ3) is 3.77. The van der Waals surface area contributed by atoms with Crippen LogP contribution in [0.4, 0.5) is 0 Å². The maximum Gasteiger partial charge on any atom is 0.329 e. The molecule has 1 fully saturated rings. The Morgan fingerprint density at radius 2 is 1.82 bits per heavy atom. The van der Waals surface area contributed by atoms with Crippen LogP contribution in [0.25, 0.3) is 10.9 Å². The summed E-state index contributed by atoms with van der Waals surface area (Å²) < 4.78 is 1.09. The molecule has 2 aliphatic rings. The number of aromatic nitrogens is 2. The minimum Gasteiger partial charge on any atom is -0.324 e. The van der Waals surface area contributed by atoms with Gasteiger partial charge in [0.1, 0.15) is 5.78 Å². The molecule has 0 spiro atoms. The Kier molecular flexibility index (Phi) is 5.48. The summed E-state index contributed by atoms with van der Waals surface area (Å²) >= 11 is 6.02. The molecule has 1 aliphatic heterocycles. The van der Waals surface area contributed by atoms with Gasteiger partial charge in [-0.3, -0.25) is 23.7 Å². The number of halogens is 1. The van der Waals surface area contributed by atoms with E-state index in [4.69, 9.17) is 11.6 Å². The molecule has 1 amide bonds. The van der Waals surface area contributed by atoms with E-state index in [2.05, 4.69) is 4.98 Å². The van der Waals surface area contributed by atoms with E-state index in [-0.39, 0.29) is 49.3 Å². The summed E-state index contributed by atoms with van der Waals surface area (Å²) in [5.41, 5.74) is 1.31. The van der Waals surface area contributed by atoms with Crippen molar-refractivity contribution in [2.45, 2.75) is 45.3 Å². The van der Waals surface area contributed by atoms with Gasteiger partial charge in [0.25, 0.3) is 11.5 Å². The van der Waals surface area contributed by atoms with Crippen LogP contribution in [0.15, 0.2) is 46.0 Å². The molecule has 34 heavy (non-hydrogen) atoms. The monoisotopic (exact) mass is 479 g/mol. The lowest BCUT2D eigenvalue weighted by molar-refractivity contribution is -0.126. The van der Waals surface area contributed by atoms with Crippen molar-refractivity contribution >= 4 is 40.0 Å². The molecule has 0 bridgehead atoms. The number of hydrogen-bond donors (Lipinski definition) is 1. The maximum absolute atomic E-state index is 13.0. The number of ketones is 2. The fourth-order valence-corrected chi connectivity index (χ4v) is 5.04. The third-order valence-corrected chi connectivity index (χ3v) is 6.99. The van der Waals surface area contributed by atoms with Crippen LogP contribution in [0.5, 0.6) is 0 Å². The molecule has 0 saturated heterocycles. The molecular weight excluding hydrogens is 458 g/mol. The molecule has 1 saturated carbocycles. The molecule has 2 heterocycles. The van der Waals surface area contributed by atoms with E-state index in [9.17, 15) is 24.0 Å². The zero-order valence-corrected chi connectivity index (χ0v) is 19.2. The van der Waals surface area contributed by atoms with Gasteiger partial charge < -0.3 is 9.88 Å². The lowest BCUT2D eigenvalue weighted by Gasteiger charge is -2.25. The molecule has 2 unspecified atom stereocenters. The standard InChI is InChI=1S/C25H22ClN3O5/c1-13-8-22(31)20(6-7-21(13)30)28-12-15-9-14(2-4-17(15)23(28)32)11-29-24(33)18-10-16(26)3-5-19(18)27-25(29)34/h2-5,9-10,13,20H,6-8,11-12H2,1H3,(H,27,34). The number of aromatic amines is 1. The van der Waals surface area contributed by atoms with Crippen LogP contribution < -0.4 is 11.2 Å². The fourth-order valence-electron chi connectivity index (χ4n) is 4.86. The van der Waals surface area contributed by atoms with Gasteiger partial charge in [-0.15, -0.1) is 0 Å². The highest BCUT2D eigenvalue weighted by molar-refractivity contribution is 6.31. The zero-order chi connectivity index (χ0) is 24.1. The summed E-state index contributed by atoms with van der Waals surface area (Å²) in [6.07, 6.45) is 0.756. The zero-order valence-electron chi connectivity index (χ0n) is 18.5. The van der Waals surface area contributed by atoms with Gasteiger partial charge in [-0.1, -0.05) is 30.7 Å². The number of benzene rings is 2. The van der Waals surface area contributed by atoms with Gasteiger partial charge >= 0.3 is 5.69 Å². The smallest absolute Gasteiger partial charge is 0.324 e. The van der Waals surface area contributed by atoms with Crippen LogP contribution in [0.1, 0.15) is 47.7 Å². The van der Waals surface area contributed by atoms with E-state index >= 15 is 0 Å². The number of amides is 1. The van der Waals surface area contributed by atoms with Gasteiger partial charge in [0.15, 0.2) is 5.78 Å². The first-order chi connectivity index (χ1) is 16.2. The second-order valence-corrected chi connectivity index (χ2v) is 9.46. The third-order valence-electron chi connectivity index (χ3n) is 6.76. The van der Waals surface area contributed by atoms with Crippen molar-refractivity contribution < 1.29 is 14.4 Å². The van der Waals surface area contributed by atoms with Crippen molar-refractivity contribution in [2.24, 2.45) is 5.92 Å². The number of carbonyl (C=O) groups is 3. The first kappa shape index (κ1) is 22.3. The van der Waals surface area contributed by atoms with Gasteiger partial charge in [0.05, 0.1) is 23.5 Å². The Balaban J connectivity index is 1.44. The van der Waals surface area contributed by atoms with E-state index in [0.717, 1.165) is 10.1 Å². The fraction of sp³-hybridized carbons (Fsp3) is 0.320. The molecule has 8 nitrogen and oxygen atoms in total. The Hall–Kier alpha value is -3.52. The molecule has 0 radical (unpaired) electrons. The minimum absolute atomic E-state index is 0.0203. The number of nitrogens with one attached hydrogen (secondary N) is 1. The Morgan fingerprint density at radius 1 is 1.03 bits per heavy atom. The van der Waals surface area contributed by atoms with Crippen molar-refractivity contribution in [3.8, 4) is 0 Å². The van der Waals surface area contributed by atoms with Gasteiger partial charge in [-0.25, -0.2) is 4.79 Å². The van der Waals surface area contributed by atoms with Crippen LogP contribution in [-0.4, -0.2) is 38.0 Å². The lowest BCUT2D eigenvalue weighted by Crippen LogP contribution is -2.41. The highest BCUT2D eigenvalue weighted by atomic mass is 35.5. The van der Waals surface area contributed by atoms with E-state index in [0.29, 0.717) is 33.5 Å².